The van der Waals surface area contributed by atoms with Crippen molar-refractivity contribution in [3.05, 3.63) is 12.2 Å². The second kappa shape index (κ2) is 8.66. The van der Waals surface area contributed by atoms with E-state index in [2.05, 4.69) is 34.6 Å². The van der Waals surface area contributed by atoms with Crippen LogP contribution in [0.2, 0.25) is 0 Å². The molecule has 0 unspecified atom stereocenters. The Morgan fingerprint density at radius 2 is 1.81 bits per heavy atom. The number of carbonyl (C=O) groups is 2. The summed E-state index contributed by atoms with van der Waals surface area (Å²) in [7, 11) is 0. The Labute approximate surface area is 217 Å². The van der Waals surface area contributed by atoms with Crippen molar-refractivity contribution < 1.29 is 24.5 Å². The van der Waals surface area contributed by atoms with Crippen molar-refractivity contribution in [2.45, 2.75) is 105 Å². The van der Waals surface area contributed by atoms with Crippen molar-refractivity contribution in [1.82, 2.24) is 0 Å². The summed E-state index contributed by atoms with van der Waals surface area (Å²) in [5.74, 6) is 3.72. The molecule has 0 aromatic rings. The standard InChI is InChI=1S/C31H48O5/c1-16(2)17(3)20-13-21(20)18(4)23-10-11-24-22-14-27(36-19(5)32)31(35)12-8-9-26(34)30(31,7)28(22)25(33)15-29(23,24)6/h8-9,16-18,20-25,27-28,33,35H,10-15H2,1-7H3/t17-,18-,20-,21+,22+,23-,24+,25-,27-,28-,29-,30-,31+/m1/s1. The Balaban J connectivity index is 1.47. The average molecular weight is 501 g/mol. The number of allylic oxidation sites excluding steroid dienone is 1. The monoisotopic (exact) mass is 500 g/mol. The van der Waals surface area contributed by atoms with Gasteiger partial charge in [-0.05, 0) is 104 Å². The summed E-state index contributed by atoms with van der Waals surface area (Å²) >= 11 is 0. The van der Waals surface area contributed by atoms with Crippen LogP contribution in [0.3, 0.4) is 0 Å². The number of fused-ring (bicyclic) bond motifs is 5. The molecule has 0 saturated heterocycles. The van der Waals surface area contributed by atoms with Gasteiger partial charge in [-0.1, -0.05) is 40.7 Å². The number of rotatable bonds is 5. The molecule has 202 valence electrons. The molecule has 0 aromatic carbocycles. The van der Waals surface area contributed by atoms with E-state index in [4.69, 9.17) is 4.74 Å². The van der Waals surface area contributed by atoms with E-state index in [1.54, 1.807) is 12.2 Å². The van der Waals surface area contributed by atoms with Gasteiger partial charge >= 0.3 is 5.97 Å². The van der Waals surface area contributed by atoms with Crippen LogP contribution in [-0.4, -0.2) is 39.8 Å². The third-order valence-electron chi connectivity index (χ3n) is 12.6. The van der Waals surface area contributed by atoms with Gasteiger partial charge < -0.3 is 14.9 Å². The van der Waals surface area contributed by atoms with Crippen molar-refractivity contribution in [2.24, 2.45) is 64.1 Å². The first-order valence-corrected chi connectivity index (χ1v) is 14.6. The van der Waals surface area contributed by atoms with Gasteiger partial charge in [0.25, 0.3) is 0 Å². The minimum Gasteiger partial charge on any atom is -0.459 e. The minimum absolute atomic E-state index is 0.00560. The highest BCUT2D eigenvalue weighted by Crippen LogP contribution is 2.70. The number of ether oxygens (including phenoxy) is 1. The first-order valence-electron chi connectivity index (χ1n) is 14.6. The summed E-state index contributed by atoms with van der Waals surface area (Å²) in [6.45, 7) is 15.1. The molecular weight excluding hydrogens is 452 g/mol. The summed E-state index contributed by atoms with van der Waals surface area (Å²) in [6.07, 6.45) is 6.93. The van der Waals surface area contributed by atoms with E-state index in [1.807, 2.05) is 6.92 Å². The maximum atomic E-state index is 13.5. The van der Waals surface area contributed by atoms with E-state index in [9.17, 15) is 19.8 Å². The lowest BCUT2D eigenvalue weighted by Crippen LogP contribution is -2.72. The van der Waals surface area contributed by atoms with Crippen molar-refractivity contribution in [2.75, 3.05) is 0 Å². The van der Waals surface area contributed by atoms with Gasteiger partial charge in [0.1, 0.15) is 11.7 Å². The molecular formula is C31H48O5. The van der Waals surface area contributed by atoms with E-state index in [0.29, 0.717) is 36.5 Å². The maximum Gasteiger partial charge on any atom is 0.303 e. The van der Waals surface area contributed by atoms with Crippen molar-refractivity contribution in [3.8, 4) is 0 Å². The smallest absolute Gasteiger partial charge is 0.303 e. The SMILES string of the molecule is CC(=O)O[C@@H]1C[C@@H]2[C@H]([C@H](O)C[C@]3(C)[C@@H]([C@H](C)[C@@H]4C[C@@H]4[C@H](C)C(C)C)CC[C@@H]23)[C@@]2(C)C(=O)C=CC[C@]12O. The van der Waals surface area contributed by atoms with Gasteiger partial charge in [-0.3, -0.25) is 9.59 Å². The quantitative estimate of drug-likeness (QED) is 0.508. The molecule has 36 heavy (non-hydrogen) atoms. The van der Waals surface area contributed by atoms with Gasteiger partial charge in [0.15, 0.2) is 5.78 Å². The van der Waals surface area contributed by atoms with E-state index in [-0.39, 0.29) is 29.5 Å². The highest BCUT2D eigenvalue weighted by molar-refractivity contribution is 5.97. The minimum atomic E-state index is -1.49. The summed E-state index contributed by atoms with van der Waals surface area (Å²) < 4.78 is 5.77. The van der Waals surface area contributed by atoms with Crippen LogP contribution in [0.5, 0.6) is 0 Å². The lowest BCUT2D eigenvalue weighted by molar-refractivity contribution is -0.257. The summed E-state index contributed by atoms with van der Waals surface area (Å²) in [4.78, 5) is 25.6. The second-order valence-corrected chi connectivity index (χ2v) is 14.2. The molecule has 5 nitrogen and oxygen atoms in total. The van der Waals surface area contributed by atoms with Crippen molar-refractivity contribution in [1.29, 1.82) is 0 Å². The fraction of sp³-hybridized carbons (Fsp3) is 0.871. The predicted octanol–water partition coefficient (Wildman–Crippen LogP) is 5.18. The van der Waals surface area contributed by atoms with Crippen LogP contribution < -0.4 is 0 Å². The van der Waals surface area contributed by atoms with E-state index >= 15 is 0 Å². The summed E-state index contributed by atoms with van der Waals surface area (Å²) in [6, 6.07) is 0. The molecule has 0 bridgehead atoms. The molecule has 0 spiro atoms. The van der Waals surface area contributed by atoms with Crippen LogP contribution in [0.25, 0.3) is 0 Å². The Bertz CT molecular complexity index is 941. The highest BCUT2D eigenvalue weighted by Gasteiger charge is 2.72. The molecule has 5 rings (SSSR count). The van der Waals surface area contributed by atoms with Gasteiger partial charge in [-0.25, -0.2) is 0 Å². The number of esters is 1. The fourth-order valence-electron chi connectivity index (χ4n) is 10.3. The third-order valence-corrected chi connectivity index (χ3v) is 12.6. The fourth-order valence-corrected chi connectivity index (χ4v) is 10.3. The van der Waals surface area contributed by atoms with E-state index in [1.165, 1.54) is 13.3 Å². The number of hydrogen-bond acceptors (Lipinski definition) is 5. The van der Waals surface area contributed by atoms with Crippen LogP contribution in [-0.2, 0) is 14.3 Å². The van der Waals surface area contributed by atoms with E-state index < -0.39 is 29.2 Å². The number of ketones is 1. The molecule has 0 radical (unpaired) electrons. The van der Waals surface area contributed by atoms with Crippen LogP contribution in [0, 0.1) is 64.1 Å². The topological polar surface area (TPSA) is 83.8 Å². The molecule has 0 heterocycles. The Kier molecular flexibility index (Phi) is 6.35. The first-order chi connectivity index (χ1) is 16.8. The van der Waals surface area contributed by atoms with Gasteiger partial charge in [0, 0.05) is 12.8 Å². The summed E-state index contributed by atoms with van der Waals surface area (Å²) in [5, 5.41) is 23.8. The first kappa shape index (κ1) is 26.4. The molecule has 2 N–H and O–H groups in total. The molecule has 4 saturated carbocycles. The molecule has 0 aliphatic heterocycles. The van der Waals surface area contributed by atoms with Gasteiger partial charge in [-0.15, -0.1) is 0 Å². The molecule has 5 aliphatic carbocycles. The number of hydrogen-bond donors (Lipinski definition) is 2. The van der Waals surface area contributed by atoms with E-state index in [0.717, 1.165) is 30.6 Å². The van der Waals surface area contributed by atoms with Crippen molar-refractivity contribution in [3.63, 3.8) is 0 Å². The molecule has 0 aromatic heterocycles. The van der Waals surface area contributed by atoms with Crippen LogP contribution in [0.4, 0.5) is 0 Å². The average Bonchev–Trinajstić information content (AvgIpc) is 3.50. The lowest BCUT2D eigenvalue weighted by atomic mass is 9.42. The second-order valence-electron chi connectivity index (χ2n) is 14.2. The molecule has 5 heteroatoms. The zero-order chi connectivity index (χ0) is 26.4. The molecule has 0 amide bonds. The number of aliphatic hydroxyl groups excluding tert-OH is 1. The predicted molar refractivity (Wildman–Crippen MR) is 139 cm³/mol. The van der Waals surface area contributed by atoms with Gasteiger partial charge in [0.05, 0.1) is 11.5 Å². The normalized spacial score (nSPS) is 51.2. The largest absolute Gasteiger partial charge is 0.459 e. The number of carbonyl (C=O) groups excluding carboxylic acids is 2. The third kappa shape index (κ3) is 3.54. The van der Waals surface area contributed by atoms with Gasteiger partial charge in [0.2, 0.25) is 0 Å². The van der Waals surface area contributed by atoms with Crippen LogP contribution in [0.1, 0.15) is 87.0 Å². The number of aliphatic hydroxyl groups is 2. The molecule has 5 aliphatic rings. The molecule has 4 fully saturated rings. The Morgan fingerprint density at radius 3 is 2.44 bits per heavy atom. The molecule has 13 atom stereocenters. The zero-order valence-electron chi connectivity index (χ0n) is 23.4. The maximum absolute atomic E-state index is 13.5. The van der Waals surface area contributed by atoms with Crippen LogP contribution in [0.15, 0.2) is 12.2 Å². The lowest BCUT2D eigenvalue weighted by Gasteiger charge is -2.64. The van der Waals surface area contributed by atoms with Gasteiger partial charge in [-0.2, -0.15) is 0 Å². The van der Waals surface area contributed by atoms with Crippen molar-refractivity contribution >= 4 is 11.8 Å². The zero-order valence-corrected chi connectivity index (χ0v) is 23.4. The Hall–Kier alpha value is -1.20. The summed E-state index contributed by atoms with van der Waals surface area (Å²) in [5.41, 5.74) is -2.65. The Morgan fingerprint density at radius 1 is 1.11 bits per heavy atom. The highest BCUT2D eigenvalue weighted by atomic mass is 16.6. The van der Waals surface area contributed by atoms with Crippen LogP contribution >= 0.6 is 0 Å².